The van der Waals surface area contributed by atoms with Crippen molar-refractivity contribution in [1.82, 2.24) is 25.5 Å². The zero-order valence-electron chi connectivity index (χ0n) is 16.0. The standard InChI is InChI=1S/C22H21N5O2/c1-29-20-10-9-18-11-17(7-8-19(18)13-20)14-23-22(28)21(27-15-24-25-26-27)12-16-5-3-2-4-6-16/h2-11,13,15,21H,12,14H2,1H3,(H,23,28). The van der Waals surface area contributed by atoms with Gasteiger partial charge in [0.05, 0.1) is 7.11 Å². The second kappa shape index (κ2) is 8.52. The Bertz CT molecular complexity index is 1100. The van der Waals surface area contributed by atoms with Crippen LogP contribution in [0.2, 0.25) is 0 Å². The fourth-order valence-corrected chi connectivity index (χ4v) is 3.27. The molecule has 1 heterocycles. The molecule has 0 aliphatic carbocycles. The normalized spacial score (nSPS) is 11.9. The summed E-state index contributed by atoms with van der Waals surface area (Å²) in [4.78, 5) is 12.9. The van der Waals surface area contributed by atoms with Crippen molar-refractivity contribution < 1.29 is 9.53 Å². The number of nitrogens with one attached hydrogen (secondary N) is 1. The molecule has 0 fully saturated rings. The predicted octanol–water partition coefficient (Wildman–Crippen LogP) is 2.94. The lowest BCUT2D eigenvalue weighted by molar-refractivity contribution is -0.124. The van der Waals surface area contributed by atoms with E-state index in [1.807, 2.05) is 60.7 Å². The zero-order chi connectivity index (χ0) is 20.1. The molecule has 0 spiro atoms. The first-order chi connectivity index (χ1) is 14.2. The summed E-state index contributed by atoms with van der Waals surface area (Å²) in [5, 5.41) is 16.5. The Balaban J connectivity index is 1.48. The van der Waals surface area contributed by atoms with Crippen LogP contribution < -0.4 is 10.1 Å². The molecule has 7 nitrogen and oxygen atoms in total. The highest BCUT2D eigenvalue weighted by molar-refractivity contribution is 5.85. The van der Waals surface area contributed by atoms with Gasteiger partial charge < -0.3 is 10.1 Å². The van der Waals surface area contributed by atoms with Crippen LogP contribution >= 0.6 is 0 Å². The van der Waals surface area contributed by atoms with E-state index in [-0.39, 0.29) is 5.91 Å². The summed E-state index contributed by atoms with van der Waals surface area (Å²) < 4.78 is 6.76. The third-order valence-corrected chi connectivity index (χ3v) is 4.84. The number of hydrogen-bond acceptors (Lipinski definition) is 5. The molecule has 1 unspecified atom stereocenters. The number of amides is 1. The Morgan fingerprint density at radius 3 is 2.59 bits per heavy atom. The summed E-state index contributed by atoms with van der Waals surface area (Å²) in [6.45, 7) is 0.425. The smallest absolute Gasteiger partial charge is 0.245 e. The van der Waals surface area contributed by atoms with E-state index in [0.29, 0.717) is 13.0 Å². The number of aromatic nitrogens is 4. The average Bonchev–Trinajstić information content (AvgIpc) is 3.30. The Morgan fingerprint density at radius 2 is 1.83 bits per heavy atom. The van der Waals surface area contributed by atoms with E-state index in [4.69, 9.17) is 4.74 Å². The molecule has 3 aromatic carbocycles. The van der Waals surface area contributed by atoms with Gasteiger partial charge in [-0.3, -0.25) is 4.79 Å². The van der Waals surface area contributed by atoms with E-state index in [9.17, 15) is 4.79 Å². The lowest BCUT2D eigenvalue weighted by atomic mass is 10.0. The van der Waals surface area contributed by atoms with Crippen molar-refractivity contribution in [2.45, 2.75) is 19.0 Å². The molecular formula is C22H21N5O2. The zero-order valence-corrected chi connectivity index (χ0v) is 16.0. The molecule has 4 aromatic rings. The van der Waals surface area contributed by atoms with Gasteiger partial charge in [0, 0.05) is 13.0 Å². The molecule has 146 valence electrons. The minimum atomic E-state index is -0.517. The molecule has 29 heavy (non-hydrogen) atoms. The van der Waals surface area contributed by atoms with Crippen LogP contribution in [-0.2, 0) is 17.8 Å². The Labute approximate surface area is 168 Å². The van der Waals surface area contributed by atoms with Crippen molar-refractivity contribution in [1.29, 1.82) is 0 Å². The summed E-state index contributed by atoms with van der Waals surface area (Å²) in [5.41, 5.74) is 2.06. The molecule has 1 amide bonds. The van der Waals surface area contributed by atoms with Gasteiger partial charge in [-0.2, -0.15) is 0 Å². The number of methoxy groups -OCH3 is 1. The molecule has 0 saturated carbocycles. The van der Waals surface area contributed by atoms with Gasteiger partial charge in [0.1, 0.15) is 18.1 Å². The summed E-state index contributed by atoms with van der Waals surface area (Å²) in [5.74, 6) is 0.694. The number of nitrogens with zero attached hydrogens (tertiary/aromatic N) is 4. The maximum Gasteiger partial charge on any atom is 0.245 e. The summed E-state index contributed by atoms with van der Waals surface area (Å²) >= 11 is 0. The molecule has 4 rings (SSSR count). The van der Waals surface area contributed by atoms with Gasteiger partial charge in [-0.15, -0.1) is 5.10 Å². The molecule has 7 heteroatoms. The van der Waals surface area contributed by atoms with Crippen LogP contribution in [0, 0.1) is 0 Å². The first-order valence-corrected chi connectivity index (χ1v) is 9.34. The van der Waals surface area contributed by atoms with Crippen molar-refractivity contribution >= 4 is 16.7 Å². The number of carbonyl (C=O) groups is 1. The van der Waals surface area contributed by atoms with Gasteiger partial charge in [0.25, 0.3) is 0 Å². The first-order valence-electron chi connectivity index (χ1n) is 9.34. The number of tetrazole rings is 1. The average molecular weight is 387 g/mol. The molecule has 0 bridgehead atoms. The van der Waals surface area contributed by atoms with Gasteiger partial charge >= 0.3 is 0 Å². The molecule has 0 saturated heterocycles. The fourth-order valence-electron chi connectivity index (χ4n) is 3.27. The number of carbonyl (C=O) groups excluding carboxylic acids is 1. The molecule has 0 radical (unpaired) electrons. The summed E-state index contributed by atoms with van der Waals surface area (Å²) in [6.07, 6.45) is 1.98. The Hall–Kier alpha value is -3.74. The minimum Gasteiger partial charge on any atom is -0.497 e. The quantitative estimate of drug-likeness (QED) is 0.527. The van der Waals surface area contributed by atoms with Crippen molar-refractivity contribution in [2.75, 3.05) is 7.11 Å². The van der Waals surface area contributed by atoms with E-state index in [2.05, 4.69) is 26.9 Å². The summed E-state index contributed by atoms with van der Waals surface area (Å²) in [6, 6.07) is 21.3. The monoisotopic (exact) mass is 387 g/mol. The molecule has 1 atom stereocenters. The highest BCUT2D eigenvalue weighted by Crippen LogP contribution is 2.22. The second-order valence-corrected chi connectivity index (χ2v) is 6.76. The highest BCUT2D eigenvalue weighted by Gasteiger charge is 2.22. The molecule has 0 aliphatic rings. The SMILES string of the molecule is COc1ccc2cc(CNC(=O)C(Cc3ccccc3)n3cnnn3)ccc2c1. The van der Waals surface area contributed by atoms with Crippen LogP contribution in [-0.4, -0.2) is 33.2 Å². The number of ether oxygens (including phenoxy) is 1. The Kier molecular flexibility index (Phi) is 5.47. The van der Waals surface area contributed by atoms with E-state index in [0.717, 1.165) is 27.6 Å². The third-order valence-electron chi connectivity index (χ3n) is 4.84. The lowest BCUT2D eigenvalue weighted by Crippen LogP contribution is -2.34. The molecular weight excluding hydrogens is 366 g/mol. The van der Waals surface area contributed by atoms with E-state index >= 15 is 0 Å². The van der Waals surface area contributed by atoms with E-state index in [1.54, 1.807) is 7.11 Å². The number of benzene rings is 3. The van der Waals surface area contributed by atoms with Crippen LogP contribution in [0.15, 0.2) is 73.1 Å². The summed E-state index contributed by atoms with van der Waals surface area (Å²) in [7, 11) is 1.65. The fraction of sp³-hybridized carbons (Fsp3) is 0.182. The van der Waals surface area contributed by atoms with Crippen LogP contribution in [0.3, 0.4) is 0 Å². The van der Waals surface area contributed by atoms with Crippen molar-refractivity contribution in [2.24, 2.45) is 0 Å². The van der Waals surface area contributed by atoms with Gasteiger partial charge in [-0.25, -0.2) is 4.68 Å². The largest absolute Gasteiger partial charge is 0.497 e. The van der Waals surface area contributed by atoms with Crippen LogP contribution in [0.4, 0.5) is 0 Å². The topological polar surface area (TPSA) is 81.9 Å². The number of rotatable bonds is 7. The van der Waals surface area contributed by atoms with Crippen molar-refractivity contribution in [3.63, 3.8) is 0 Å². The minimum absolute atomic E-state index is 0.129. The van der Waals surface area contributed by atoms with Gasteiger partial charge in [0.2, 0.25) is 5.91 Å². The van der Waals surface area contributed by atoms with Crippen LogP contribution in [0.5, 0.6) is 5.75 Å². The van der Waals surface area contributed by atoms with Crippen molar-refractivity contribution in [3.05, 3.63) is 84.2 Å². The second-order valence-electron chi connectivity index (χ2n) is 6.76. The highest BCUT2D eigenvalue weighted by atomic mass is 16.5. The Morgan fingerprint density at radius 1 is 1.03 bits per heavy atom. The van der Waals surface area contributed by atoms with Gasteiger partial charge in [0.15, 0.2) is 0 Å². The first kappa shape index (κ1) is 18.6. The van der Waals surface area contributed by atoms with Crippen LogP contribution in [0.1, 0.15) is 17.2 Å². The maximum absolute atomic E-state index is 12.9. The number of hydrogen-bond donors (Lipinski definition) is 1. The van der Waals surface area contributed by atoms with Crippen LogP contribution in [0.25, 0.3) is 10.8 Å². The third kappa shape index (κ3) is 4.40. The maximum atomic E-state index is 12.9. The van der Waals surface area contributed by atoms with Gasteiger partial charge in [-0.05, 0) is 50.5 Å². The molecule has 1 aromatic heterocycles. The van der Waals surface area contributed by atoms with Gasteiger partial charge in [-0.1, -0.05) is 48.5 Å². The molecule has 0 aliphatic heterocycles. The van der Waals surface area contributed by atoms with E-state index in [1.165, 1.54) is 11.0 Å². The predicted molar refractivity (Wildman–Crippen MR) is 109 cm³/mol. The number of fused-ring (bicyclic) bond motifs is 1. The lowest BCUT2D eigenvalue weighted by Gasteiger charge is -2.16. The van der Waals surface area contributed by atoms with Crippen molar-refractivity contribution in [3.8, 4) is 5.75 Å². The molecule has 1 N–H and O–H groups in total. The van der Waals surface area contributed by atoms with E-state index < -0.39 is 6.04 Å².